The lowest BCUT2D eigenvalue weighted by molar-refractivity contribution is -0.322. The highest BCUT2D eigenvalue weighted by Gasteiger charge is 2.53. The van der Waals surface area contributed by atoms with E-state index in [1.54, 1.807) is 0 Å². The maximum Gasteiger partial charge on any atom is 0.163 e. The van der Waals surface area contributed by atoms with E-state index in [1.165, 1.54) is 10.8 Å². The molecule has 0 radical (unpaired) electrons. The summed E-state index contributed by atoms with van der Waals surface area (Å²) in [4.78, 5) is 0. The van der Waals surface area contributed by atoms with E-state index in [-0.39, 0.29) is 54.9 Å². The predicted octanol–water partition coefficient (Wildman–Crippen LogP) is 4.47. The Hall–Kier alpha value is -2.10. The van der Waals surface area contributed by atoms with Gasteiger partial charge in [-0.2, -0.15) is 0 Å². The van der Waals surface area contributed by atoms with Crippen LogP contribution in [-0.2, 0) is 39.8 Å². The third-order valence-electron chi connectivity index (χ3n) is 8.27. The van der Waals surface area contributed by atoms with Crippen LogP contribution in [0.1, 0.15) is 32.3 Å². The van der Waals surface area contributed by atoms with Crippen molar-refractivity contribution in [3.05, 3.63) is 72.3 Å². The summed E-state index contributed by atoms with van der Waals surface area (Å²) in [6.07, 6.45) is 8.20. The summed E-state index contributed by atoms with van der Waals surface area (Å²) < 4.78 is 44.9. The lowest BCUT2D eigenvalue weighted by Gasteiger charge is -2.51. The van der Waals surface area contributed by atoms with Gasteiger partial charge in [-0.3, -0.25) is 0 Å². The minimum Gasteiger partial charge on any atom is -0.369 e. The molecule has 2 aromatic carbocycles. The SMILES string of the molecule is CC1(C)OC[C@H]2O[C@H]3C[C@H]4O[C@H]5CC=CCO[C@@H]5[C@@H](OCc5ccc6ccccc6c5)[C@@H]4O[C@@H]3C=C[C@@H]2O1. The van der Waals surface area contributed by atoms with Crippen molar-refractivity contribution in [2.45, 2.75) is 94.0 Å². The number of fused-ring (bicyclic) bond motifs is 5. The summed E-state index contributed by atoms with van der Waals surface area (Å²) in [6, 6.07) is 14.9. The first-order valence-electron chi connectivity index (χ1n) is 13.8. The molecule has 0 N–H and O–H groups in total. The lowest BCUT2D eigenvalue weighted by Crippen LogP contribution is -2.64. The number of hydrogen-bond donors (Lipinski definition) is 0. The van der Waals surface area contributed by atoms with Gasteiger partial charge in [-0.05, 0) is 42.7 Å². The van der Waals surface area contributed by atoms with Crippen LogP contribution in [0.5, 0.6) is 0 Å². The van der Waals surface area contributed by atoms with Gasteiger partial charge in [0.05, 0.1) is 38.1 Å². The van der Waals surface area contributed by atoms with Crippen LogP contribution in [0, 0.1) is 0 Å². The Morgan fingerprint density at radius 2 is 1.68 bits per heavy atom. The fraction of sp³-hybridized carbons (Fsp3) is 0.548. The molecule has 0 amide bonds. The normalized spacial score (nSPS) is 39.8. The van der Waals surface area contributed by atoms with Crippen molar-refractivity contribution in [1.82, 2.24) is 0 Å². The standard InChI is InChI=1S/C31H36O7/c1-31(2)34-18-27-23(38-31)13-12-22-25(36-27)16-26-29(37-22)30(28-24(35-26)9-5-6-14-32-28)33-17-19-10-11-20-7-3-4-8-21(20)15-19/h3-8,10-13,15,22-30H,9,14,16-18H2,1-2H3/t22-,23+,24+,25+,26-,27-,28+,29-,30-/m1/s1. The zero-order valence-electron chi connectivity index (χ0n) is 21.9. The van der Waals surface area contributed by atoms with Crippen molar-refractivity contribution in [2.24, 2.45) is 0 Å². The molecule has 5 aliphatic rings. The molecule has 7 heteroatoms. The first-order valence-corrected chi connectivity index (χ1v) is 13.8. The molecule has 7 rings (SSSR count). The van der Waals surface area contributed by atoms with E-state index in [2.05, 4.69) is 66.8 Å². The highest BCUT2D eigenvalue weighted by molar-refractivity contribution is 5.82. The quantitative estimate of drug-likeness (QED) is 0.554. The molecule has 0 bridgehead atoms. The Labute approximate surface area is 223 Å². The molecule has 3 saturated heterocycles. The molecule has 0 saturated carbocycles. The van der Waals surface area contributed by atoms with Gasteiger partial charge in [0.2, 0.25) is 0 Å². The zero-order chi connectivity index (χ0) is 25.7. The molecule has 0 aromatic heterocycles. The summed E-state index contributed by atoms with van der Waals surface area (Å²) in [5.41, 5.74) is 1.13. The van der Waals surface area contributed by atoms with Gasteiger partial charge in [-0.15, -0.1) is 0 Å². The summed E-state index contributed by atoms with van der Waals surface area (Å²) in [5.74, 6) is -0.636. The van der Waals surface area contributed by atoms with Gasteiger partial charge in [0.25, 0.3) is 0 Å². The highest BCUT2D eigenvalue weighted by Crippen LogP contribution is 2.40. The second kappa shape index (κ2) is 10.1. The first-order chi connectivity index (χ1) is 18.5. The molecule has 7 nitrogen and oxygen atoms in total. The number of ether oxygens (including phenoxy) is 7. The van der Waals surface area contributed by atoms with E-state index in [0.717, 1.165) is 18.4 Å². The molecule has 9 atom stereocenters. The van der Waals surface area contributed by atoms with Gasteiger partial charge in [0.15, 0.2) is 5.79 Å². The van der Waals surface area contributed by atoms with Crippen LogP contribution >= 0.6 is 0 Å². The van der Waals surface area contributed by atoms with Crippen LogP contribution in [0.2, 0.25) is 0 Å². The predicted molar refractivity (Wildman–Crippen MR) is 141 cm³/mol. The van der Waals surface area contributed by atoms with Gasteiger partial charge < -0.3 is 33.2 Å². The molecule has 0 aliphatic carbocycles. The fourth-order valence-electron chi connectivity index (χ4n) is 6.38. The molecule has 3 fully saturated rings. The molecule has 5 aliphatic heterocycles. The van der Waals surface area contributed by atoms with Crippen molar-refractivity contribution in [1.29, 1.82) is 0 Å². The lowest BCUT2D eigenvalue weighted by atomic mass is 9.87. The summed E-state index contributed by atoms with van der Waals surface area (Å²) in [5, 5.41) is 2.43. The molecular formula is C31H36O7. The van der Waals surface area contributed by atoms with Crippen molar-refractivity contribution < 1.29 is 33.2 Å². The summed E-state index contributed by atoms with van der Waals surface area (Å²) in [7, 11) is 0. The van der Waals surface area contributed by atoms with Crippen LogP contribution in [0.25, 0.3) is 10.8 Å². The average molecular weight is 521 g/mol. The Bertz CT molecular complexity index is 1210. The average Bonchev–Trinajstić information content (AvgIpc) is 3.25. The molecule has 202 valence electrons. The van der Waals surface area contributed by atoms with E-state index >= 15 is 0 Å². The summed E-state index contributed by atoms with van der Waals surface area (Å²) in [6.45, 7) is 5.38. The maximum absolute atomic E-state index is 6.73. The van der Waals surface area contributed by atoms with Crippen LogP contribution in [0.15, 0.2) is 66.8 Å². The molecule has 5 heterocycles. The summed E-state index contributed by atoms with van der Waals surface area (Å²) >= 11 is 0. The largest absolute Gasteiger partial charge is 0.369 e. The highest BCUT2D eigenvalue weighted by atomic mass is 16.7. The van der Waals surface area contributed by atoms with Crippen LogP contribution in [-0.4, -0.2) is 73.9 Å². The van der Waals surface area contributed by atoms with Crippen molar-refractivity contribution >= 4 is 10.8 Å². The third kappa shape index (κ3) is 4.86. The van der Waals surface area contributed by atoms with E-state index in [1.807, 2.05) is 13.8 Å². The maximum atomic E-state index is 6.73. The minimum absolute atomic E-state index is 0.0898. The third-order valence-corrected chi connectivity index (χ3v) is 8.27. The van der Waals surface area contributed by atoms with Crippen molar-refractivity contribution in [3.8, 4) is 0 Å². The fourth-order valence-corrected chi connectivity index (χ4v) is 6.38. The molecule has 38 heavy (non-hydrogen) atoms. The number of hydrogen-bond acceptors (Lipinski definition) is 7. The van der Waals surface area contributed by atoms with Gasteiger partial charge in [0, 0.05) is 6.42 Å². The molecule has 0 spiro atoms. The molecule has 0 unspecified atom stereocenters. The van der Waals surface area contributed by atoms with Crippen LogP contribution < -0.4 is 0 Å². The van der Waals surface area contributed by atoms with Gasteiger partial charge in [-0.1, -0.05) is 60.7 Å². The van der Waals surface area contributed by atoms with E-state index < -0.39 is 5.79 Å². The smallest absolute Gasteiger partial charge is 0.163 e. The van der Waals surface area contributed by atoms with Gasteiger partial charge in [-0.25, -0.2) is 0 Å². The first kappa shape index (κ1) is 24.9. The topological polar surface area (TPSA) is 64.6 Å². The van der Waals surface area contributed by atoms with Gasteiger partial charge in [0.1, 0.15) is 36.6 Å². The van der Waals surface area contributed by atoms with Crippen molar-refractivity contribution in [2.75, 3.05) is 13.2 Å². The van der Waals surface area contributed by atoms with Crippen LogP contribution in [0.3, 0.4) is 0 Å². The van der Waals surface area contributed by atoms with E-state index in [0.29, 0.717) is 19.8 Å². The van der Waals surface area contributed by atoms with Crippen molar-refractivity contribution in [3.63, 3.8) is 0 Å². The Morgan fingerprint density at radius 3 is 2.61 bits per heavy atom. The second-order valence-electron chi connectivity index (χ2n) is 11.4. The van der Waals surface area contributed by atoms with E-state index in [9.17, 15) is 0 Å². The Kier molecular flexibility index (Phi) is 6.64. The van der Waals surface area contributed by atoms with Gasteiger partial charge >= 0.3 is 0 Å². The molecular weight excluding hydrogens is 484 g/mol. The number of benzene rings is 2. The molecule has 2 aromatic rings. The monoisotopic (exact) mass is 520 g/mol. The Morgan fingerprint density at radius 1 is 0.842 bits per heavy atom. The Balaban J connectivity index is 1.13. The second-order valence-corrected chi connectivity index (χ2v) is 11.4. The zero-order valence-corrected chi connectivity index (χ0v) is 21.9. The van der Waals surface area contributed by atoms with Crippen LogP contribution in [0.4, 0.5) is 0 Å². The number of rotatable bonds is 3. The minimum atomic E-state index is -0.636. The van der Waals surface area contributed by atoms with E-state index in [4.69, 9.17) is 33.2 Å².